The van der Waals surface area contributed by atoms with Crippen LogP contribution in [-0.2, 0) is 4.79 Å². The highest BCUT2D eigenvalue weighted by atomic mass is 35.5. The van der Waals surface area contributed by atoms with Gasteiger partial charge >= 0.3 is 0 Å². The van der Waals surface area contributed by atoms with Gasteiger partial charge in [-0.15, -0.1) is 0 Å². The normalized spacial score (nSPS) is 9.25. The maximum Gasteiger partial charge on any atom is 0.217 e. The van der Waals surface area contributed by atoms with E-state index in [-0.39, 0.29) is 22.5 Å². The maximum absolute atomic E-state index is 12.8. The van der Waals surface area contributed by atoms with E-state index >= 15 is 0 Å². The number of nitrogens with one attached hydrogen (secondary N) is 1. The second kappa shape index (κ2) is 5.74. The quantitative estimate of drug-likeness (QED) is 0.772. The molecule has 0 aliphatic rings. The maximum atomic E-state index is 12.8. The first-order chi connectivity index (χ1) is 7.50. The number of benzene rings is 1. The number of carbonyl (C=O) groups is 1. The third-order valence-corrected chi connectivity index (χ3v) is 2.24. The van der Waals surface area contributed by atoms with Crippen molar-refractivity contribution in [2.45, 2.75) is 6.92 Å². The molecule has 0 aliphatic heterocycles. The molecule has 1 aromatic carbocycles. The molecule has 0 heterocycles. The van der Waals surface area contributed by atoms with Gasteiger partial charge in [0.05, 0.1) is 22.2 Å². The third-order valence-electron chi connectivity index (χ3n) is 1.65. The van der Waals surface area contributed by atoms with Crippen molar-refractivity contribution in [3.63, 3.8) is 0 Å². The van der Waals surface area contributed by atoms with Crippen LogP contribution in [0.3, 0.4) is 0 Å². The smallest absolute Gasteiger partial charge is 0.217 e. The number of rotatable bonds is 1. The summed E-state index contributed by atoms with van der Waals surface area (Å²) in [5.41, 5.74) is 0.357. The molecule has 16 heavy (non-hydrogen) atoms. The van der Waals surface area contributed by atoms with Gasteiger partial charge in [0.25, 0.3) is 0 Å². The minimum absolute atomic E-state index is 0.153. The van der Waals surface area contributed by atoms with Crippen molar-refractivity contribution in [1.29, 1.82) is 0 Å². The Morgan fingerprint density at radius 1 is 1.44 bits per heavy atom. The molecule has 1 amide bonds. The average molecular weight is 260 g/mol. The Balaban J connectivity index is 2.84. The fourth-order valence-electron chi connectivity index (χ4n) is 0.963. The van der Waals surface area contributed by atoms with Crippen LogP contribution in [0.4, 0.5) is 4.39 Å². The topological polar surface area (TPSA) is 29.1 Å². The molecule has 1 rings (SSSR count). The highest BCUT2D eigenvalue weighted by molar-refractivity contribution is 6.36. The Bertz CT molecular complexity index is 454. The van der Waals surface area contributed by atoms with Crippen LogP contribution in [0.1, 0.15) is 12.5 Å². The predicted octanol–water partition coefficient (Wildman–Crippen LogP) is 2.62. The Morgan fingerprint density at radius 3 is 2.50 bits per heavy atom. The van der Waals surface area contributed by atoms with E-state index in [0.717, 1.165) is 12.1 Å². The van der Waals surface area contributed by atoms with Crippen molar-refractivity contribution >= 4 is 29.1 Å². The fourth-order valence-corrected chi connectivity index (χ4v) is 1.52. The van der Waals surface area contributed by atoms with Gasteiger partial charge in [0.15, 0.2) is 0 Å². The van der Waals surface area contributed by atoms with E-state index in [4.69, 9.17) is 23.2 Å². The van der Waals surface area contributed by atoms with Crippen molar-refractivity contribution < 1.29 is 9.18 Å². The summed E-state index contributed by atoms with van der Waals surface area (Å²) in [5, 5.41) is 2.80. The van der Waals surface area contributed by atoms with Crippen LogP contribution in [0.15, 0.2) is 12.1 Å². The van der Waals surface area contributed by atoms with Crippen LogP contribution >= 0.6 is 23.2 Å². The fraction of sp³-hybridized carbons (Fsp3) is 0.182. The van der Waals surface area contributed by atoms with Crippen LogP contribution in [0, 0.1) is 17.7 Å². The van der Waals surface area contributed by atoms with Gasteiger partial charge in [0.2, 0.25) is 5.91 Å². The van der Waals surface area contributed by atoms with Crippen LogP contribution in [-0.4, -0.2) is 12.5 Å². The molecule has 0 atom stereocenters. The number of halogens is 3. The van der Waals surface area contributed by atoms with E-state index in [1.807, 2.05) is 0 Å². The molecule has 0 bridgehead atoms. The van der Waals surface area contributed by atoms with Crippen LogP contribution in [0.5, 0.6) is 0 Å². The molecule has 2 nitrogen and oxygen atoms in total. The van der Waals surface area contributed by atoms with Gasteiger partial charge in [-0.3, -0.25) is 4.79 Å². The van der Waals surface area contributed by atoms with Gasteiger partial charge in [0, 0.05) is 6.92 Å². The Labute approximate surface area is 103 Å². The highest BCUT2D eigenvalue weighted by Crippen LogP contribution is 2.24. The zero-order valence-corrected chi connectivity index (χ0v) is 9.92. The van der Waals surface area contributed by atoms with Crippen molar-refractivity contribution in [2.24, 2.45) is 0 Å². The van der Waals surface area contributed by atoms with E-state index in [0.29, 0.717) is 5.56 Å². The van der Waals surface area contributed by atoms with E-state index in [1.54, 1.807) is 0 Å². The zero-order chi connectivity index (χ0) is 12.1. The molecule has 0 aromatic heterocycles. The lowest BCUT2D eigenvalue weighted by Crippen LogP contribution is -2.19. The van der Waals surface area contributed by atoms with E-state index in [9.17, 15) is 9.18 Å². The van der Waals surface area contributed by atoms with E-state index in [1.165, 1.54) is 6.92 Å². The standard InChI is InChI=1S/C11H8Cl2FNO/c1-7(16)15-4-2-3-9-10(12)5-8(14)6-11(9)13/h5-6H,4H2,1H3,(H,15,16). The van der Waals surface area contributed by atoms with E-state index in [2.05, 4.69) is 17.2 Å². The lowest BCUT2D eigenvalue weighted by atomic mass is 10.2. The second-order valence-electron chi connectivity index (χ2n) is 2.96. The third kappa shape index (κ3) is 3.73. The van der Waals surface area contributed by atoms with Gasteiger partial charge < -0.3 is 5.32 Å². The lowest BCUT2D eigenvalue weighted by Gasteiger charge is -1.99. The van der Waals surface area contributed by atoms with Crippen LogP contribution < -0.4 is 5.32 Å². The average Bonchev–Trinajstić information content (AvgIpc) is 2.14. The number of carbonyl (C=O) groups excluding carboxylic acids is 1. The first-order valence-electron chi connectivity index (χ1n) is 4.38. The molecule has 1 aromatic rings. The molecular formula is C11H8Cl2FNO. The molecule has 0 fully saturated rings. The van der Waals surface area contributed by atoms with Gasteiger partial charge in [-0.25, -0.2) is 4.39 Å². The summed E-state index contributed by atoms with van der Waals surface area (Å²) >= 11 is 11.5. The summed E-state index contributed by atoms with van der Waals surface area (Å²) in [6.07, 6.45) is 0. The molecule has 0 saturated heterocycles. The van der Waals surface area contributed by atoms with Gasteiger partial charge in [0.1, 0.15) is 5.82 Å². The molecule has 1 N–H and O–H groups in total. The minimum atomic E-state index is -0.512. The summed E-state index contributed by atoms with van der Waals surface area (Å²) in [6, 6.07) is 2.27. The summed E-state index contributed by atoms with van der Waals surface area (Å²) < 4.78 is 12.8. The minimum Gasteiger partial charge on any atom is -0.345 e. The first kappa shape index (κ1) is 12.8. The number of amides is 1. The van der Waals surface area contributed by atoms with Crippen molar-refractivity contribution in [3.05, 3.63) is 33.6 Å². The number of hydrogen-bond acceptors (Lipinski definition) is 1. The molecule has 84 valence electrons. The Morgan fingerprint density at radius 2 is 2.00 bits per heavy atom. The highest BCUT2D eigenvalue weighted by Gasteiger charge is 2.05. The molecule has 0 unspecified atom stereocenters. The van der Waals surface area contributed by atoms with Crippen molar-refractivity contribution in [1.82, 2.24) is 5.32 Å². The Hall–Kier alpha value is -1.24. The van der Waals surface area contributed by atoms with Crippen molar-refractivity contribution in [3.8, 4) is 11.8 Å². The largest absolute Gasteiger partial charge is 0.345 e. The second-order valence-corrected chi connectivity index (χ2v) is 3.77. The molecule has 5 heteroatoms. The molecule has 0 aliphatic carbocycles. The zero-order valence-electron chi connectivity index (χ0n) is 8.40. The summed E-state index contributed by atoms with van der Waals surface area (Å²) in [4.78, 5) is 10.6. The van der Waals surface area contributed by atoms with Crippen LogP contribution in [0.2, 0.25) is 10.0 Å². The SMILES string of the molecule is CC(=O)NCC#Cc1c(Cl)cc(F)cc1Cl. The first-order valence-corrected chi connectivity index (χ1v) is 5.14. The molecule has 0 radical (unpaired) electrons. The van der Waals surface area contributed by atoms with Gasteiger partial charge in [-0.1, -0.05) is 35.0 Å². The summed E-state index contributed by atoms with van der Waals surface area (Å²) in [5.74, 6) is 4.64. The molecular weight excluding hydrogens is 252 g/mol. The van der Waals surface area contributed by atoms with Gasteiger partial charge in [-0.2, -0.15) is 0 Å². The number of hydrogen-bond donors (Lipinski definition) is 1. The lowest BCUT2D eigenvalue weighted by molar-refractivity contribution is -0.118. The predicted molar refractivity (Wildman–Crippen MR) is 62.0 cm³/mol. The van der Waals surface area contributed by atoms with Crippen molar-refractivity contribution in [2.75, 3.05) is 6.54 Å². The monoisotopic (exact) mass is 259 g/mol. The van der Waals surface area contributed by atoms with E-state index < -0.39 is 5.82 Å². The van der Waals surface area contributed by atoms with Crippen LogP contribution in [0.25, 0.3) is 0 Å². The summed E-state index contributed by atoms with van der Waals surface area (Å²) in [6.45, 7) is 1.58. The summed E-state index contributed by atoms with van der Waals surface area (Å²) in [7, 11) is 0. The van der Waals surface area contributed by atoms with Gasteiger partial charge in [-0.05, 0) is 12.1 Å². The molecule has 0 spiro atoms. The Kier molecular flexibility index (Phi) is 4.60. The molecule has 0 saturated carbocycles.